The molecule has 3 aromatic rings. The second-order valence-electron chi connectivity index (χ2n) is 4.88. The lowest BCUT2D eigenvalue weighted by Crippen LogP contribution is -2.13. The first-order valence-corrected chi connectivity index (χ1v) is 8.87. The van der Waals surface area contributed by atoms with E-state index in [1.807, 2.05) is 36.6 Å². The molecule has 3 rings (SSSR count). The number of halogens is 2. The molecular formula is C17H12BrClN2OS. The van der Waals surface area contributed by atoms with Crippen LogP contribution in [0.1, 0.15) is 15.4 Å². The van der Waals surface area contributed by atoms with Crippen molar-refractivity contribution in [3.05, 3.63) is 67.9 Å². The Bertz CT molecular complexity index is 879. The summed E-state index contributed by atoms with van der Waals surface area (Å²) in [5.41, 5.74) is 2.87. The van der Waals surface area contributed by atoms with Gasteiger partial charge in [-0.1, -0.05) is 45.7 Å². The molecule has 1 amide bonds. The van der Waals surface area contributed by atoms with Crippen LogP contribution in [0.2, 0.25) is 5.02 Å². The molecule has 0 aliphatic heterocycles. The minimum atomic E-state index is -0.254. The number of aromatic nitrogens is 1. The van der Waals surface area contributed by atoms with Gasteiger partial charge in [0.25, 0.3) is 5.91 Å². The van der Waals surface area contributed by atoms with Gasteiger partial charge < -0.3 is 5.32 Å². The van der Waals surface area contributed by atoms with Gasteiger partial charge in [0.15, 0.2) is 0 Å². The highest BCUT2D eigenvalue weighted by Gasteiger charge is 2.14. The molecule has 0 aliphatic carbocycles. The Morgan fingerprint density at radius 3 is 2.78 bits per heavy atom. The molecule has 0 atom stereocenters. The number of carbonyl (C=O) groups is 1. The average Bonchev–Trinajstić information content (AvgIpc) is 2.96. The minimum Gasteiger partial charge on any atom is -0.321 e. The molecule has 0 unspecified atom stereocenters. The van der Waals surface area contributed by atoms with Crippen LogP contribution in [0.3, 0.4) is 0 Å². The van der Waals surface area contributed by atoms with Crippen LogP contribution in [0, 0.1) is 6.92 Å². The summed E-state index contributed by atoms with van der Waals surface area (Å²) >= 11 is 11.1. The minimum absolute atomic E-state index is 0.254. The van der Waals surface area contributed by atoms with E-state index in [0.717, 1.165) is 20.7 Å². The molecule has 1 aromatic heterocycles. The van der Waals surface area contributed by atoms with Crippen molar-refractivity contribution in [2.75, 3.05) is 5.32 Å². The Hall–Kier alpha value is -1.69. The quantitative estimate of drug-likeness (QED) is 0.597. The summed E-state index contributed by atoms with van der Waals surface area (Å²) in [4.78, 5) is 17.0. The smallest absolute Gasteiger partial charge is 0.257 e. The summed E-state index contributed by atoms with van der Waals surface area (Å²) in [5, 5.41) is 6.29. The first-order valence-electron chi connectivity index (χ1n) is 6.82. The lowest BCUT2D eigenvalue weighted by molar-refractivity contribution is 0.102. The van der Waals surface area contributed by atoms with E-state index >= 15 is 0 Å². The summed E-state index contributed by atoms with van der Waals surface area (Å²) in [5.74, 6) is -0.254. The van der Waals surface area contributed by atoms with Gasteiger partial charge in [0.2, 0.25) is 0 Å². The number of aryl methyl sites for hydroxylation is 1. The largest absolute Gasteiger partial charge is 0.321 e. The normalized spacial score (nSPS) is 10.6. The maximum Gasteiger partial charge on any atom is 0.257 e. The molecule has 0 aliphatic rings. The highest BCUT2D eigenvalue weighted by Crippen LogP contribution is 2.30. The van der Waals surface area contributed by atoms with Crippen LogP contribution < -0.4 is 5.32 Å². The van der Waals surface area contributed by atoms with Crippen LogP contribution >= 0.6 is 38.9 Å². The maximum atomic E-state index is 12.5. The Labute approximate surface area is 151 Å². The first-order chi connectivity index (χ1) is 11.0. The lowest BCUT2D eigenvalue weighted by Gasteiger charge is -2.11. The summed E-state index contributed by atoms with van der Waals surface area (Å²) in [6.45, 7) is 1.95. The predicted octanol–water partition coefficient (Wildman–Crippen LogP) is 5.79. The number of thiazole rings is 1. The zero-order valence-electron chi connectivity index (χ0n) is 12.1. The number of anilines is 1. The highest BCUT2D eigenvalue weighted by molar-refractivity contribution is 9.10. The fourth-order valence-corrected chi connectivity index (χ4v) is 3.34. The van der Waals surface area contributed by atoms with E-state index in [1.54, 1.807) is 29.5 Å². The van der Waals surface area contributed by atoms with Crippen molar-refractivity contribution in [2.24, 2.45) is 0 Å². The molecule has 0 fully saturated rings. The predicted molar refractivity (Wildman–Crippen MR) is 99.4 cm³/mol. The number of nitrogens with one attached hydrogen (secondary N) is 1. The van der Waals surface area contributed by atoms with Crippen LogP contribution in [0.4, 0.5) is 5.69 Å². The standard InChI is InChI=1S/C17H12BrClN2OS/c1-10-20-16(9-23-10)12-4-2-3-5-15(12)21-17(22)13-8-11(18)6-7-14(13)19/h2-9H,1H3,(H,21,22). The van der Waals surface area contributed by atoms with E-state index in [-0.39, 0.29) is 5.91 Å². The highest BCUT2D eigenvalue weighted by atomic mass is 79.9. The molecule has 6 heteroatoms. The van der Waals surface area contributed by atoms with Gasteiger partial charge in [0.1, 0.15) is 0 Å². The van der Waals surface area contributed by atoms with Crippen LogP contribution in [0.5, 0.6) is 0 Å². The molecule has 1 heterocycles. The first kappa shape index (κ1) is 16.2. The van der Waals surface area contributed by atoms with Crippen molar-refractivity contribution in [2.45, 2.75) is 6.92 Å². The van der Waals surface area contributed by atoms with Gasteiger partial charge in [-0.2, -0.15) is 0 Å². The number of hydrogen-bond acceptors (Lipinski definition) is 3. The Morgan fingerprint density at radius 2 is 2.04 bits per heavy atom. The maximum absolute atomic E-state index is 12.5. The van der Waals surface area contributed by atoms with E-state index in [2.05, 4.69) is 26.2 Å². The van der Waals surface area contributed by atoms with Gasteiger partial charge in [-0.15, -0.1) is 11.3 Å². The third kappa shape index (κ3) is 3.63. The second kappa shape index (κ2) is 6.83. The molecule has 2 aromatic carbocycles. The number of rotatable bonds is 3. The molecule has 0 spiro atoms. The Balaban J connectivity index is 1.94. The van der Waals surface area contributed by atoms with Gasteiger partial charge in [-0.05, 0) is 31.2 Å². The number of amides is 1. The van der Waals surface area contributed by atoms with Gasteiger partial charge in [0, 0.05) is 15.4 Å². The van der Waals surface area contributed by atoms with Crippen molar-refractivity contribution in [3.8, 4) is 11.3 Å². The number of nitrogens with zero attached hydrogens (tertiary/aromatic N) is 1. The van der Waals surface area contributed by atoms with Crippen molar-refractivity contribution in [1.29, 1.82) is 0 Å². The lowest BCUT2D eigenvalue weighted by atomic mass is 10.1. The number of benzene rings is 2. The number of para-hydroxylation sites is 1. The molecule has 0 bridgehead atoms. The molecular weight excluding hydrogens is 396 g/mol. The van der Waals surface area contributed by atoms with Crippen LogP contribution in [-0.4, -0.2) is 10.9 Å². The van der Waals surface area contributed by atoms with Crippen molar-refractivity contribution >= 4 is 50.5 Å². The van der Waals surface area contributed by atoms with Crippen LogP contribution in [0.15, 0.2) is 52.3 Å². The summed E-state index contributed by atoms with van der Waals surface area (Å²) in [7, 11) is 0. The van der Waals surface area contributed by atoms with Gasteiger partial charge in [0.05, 0.1) is 27.0 Å². The molecule has 116 valence electrons. The van der Waals surface area contributed by atoms with E-state index in [9.17, 15) is 4.79 Å². The monoisotopic (exact) mass is 406 g/mol. The van der Waals surface area contributed by atoms with Crippen molar-refractivity contribution in [1.82, 2.24) is 4.98 Å². The van der Waals surface area contributed by atoms with Gasteiger partial charge in [-0.25, -0.2) is 4.98 Å². The Kier molecular flexibility index (Phi) is 4.80. The molecule has 0 radical (unpaired) electrons. The van der Waals surface area contributed by atoms with Crippen LogP contribution in [0.25, 0.3) is 11.3 Å². The summed E-state index contributed by atoms with van der Waals surface area (Å²) in [6.07, 6.45) is 0. The summed E-state index contributed by atoms with van der Waals surface area (Å²) in [6, 6.07) is 12.8. The average molecular weight is 408 g/mol. The fourth-order valence-electron chi connectivity index (χ4n) is 2.16. The number of carbonyl (C=O) groups excluding carboxylic acids is 1. The molecule has 1 N–H and O–H groups in total. The van der Waals surface area contributed by atoms with Gasteiger partial charge in [-0.3, -0.25) is 4.79 Å². The third-order valence-corrected chi connectivity index (χ3v) is 4.84. The number of hydrogen-bond donors (Lipinski definition) is 1. The molecule has 23 heavy (non-hydrogen) atoms. The van der Waals surface area contributed by atoms with Crippen molar-refractivity contribution in [3.63, 3.8) is 0 Å². The zero-order chi connectivity index (χ0) is 16.4. The van der Waals surface area contributed by atoms with Gasteiger partial charge >= 0.3 is 0 Å². The second-order valence-corrected chi connectivity index (χ2v) is 7.26. The Morgan fingerprint density at radius 1 is 1.26 bits per heavy atom. The zero-order valence-corrected chi connectivity index (χ0v) is 15.3. The fraction of sp³-hybridized carbons (Fsp3) is 0.0588. The summed E-state index contributed by atoms with van der Waals surface area (Å²) < 4.78 is 0.801. The van der Waals surface area contributed by atoms with E-state index in [0.29, 0.717) is 16.3 Å². The van der Waals surface area contributed by atoms with E-state index < -0.39 is 0 Å². The van der Waals surface area contributed by atoms with E-state index in [4.69, 9.17) is 11.6 Å². The topological polar surface area (TPSA) is 42.0 Å². The third-order valence-electron chi connectivity index (χ3n) is 3.24. The van der Waals surface area contributed by atoms with E-state index in [1.165, 1.54) is 0 Å². The SMILES string of the molecule is Cc1nc(-c2ccccc2NC(=O)c2cc(Br)ccc2Cl)cs1. The van der Waals surface area contributed by atoms with Crippen LogP contribution in [-0.2, 0) is 0 Å². The molecule has 0 saturated carbocycles. The molecule has 3 nitrogen and oxygen atoms in total. The molecule has 0 saturated heterocycles. The van der Waals surface area contributed by atoms with Crippen molar-refractivity contribution < 1.29 is 4.79 Å².